The van der Waals surface area contributed by atoms with Crippen LogP contribution in [0.25, 0.3) is 0 Å². The summed E-state index contributed by atoms with van der Waals surface area (Å²) in [6.07, 6.45) is 0. The Balaban J connectivity index is 2.11. The smallest absolute Gasteiger partial charge is 0.261 e. The van der Waals surface area contributed by atoms with Crippen molar-refractivity contribution in [2.45, 2.75) is 13.8 Å². The van der Waals surface area contributed by atoms with Crippen molar-refractivity contribution in [3.63, 3.8) is 0 Å². The Bertz CT molecular complexity index is 747. The first kappa shape index (κ1) is 17.7. The first-order valence-electron chi connectivity index (χ1n) is 7.54. The topological polar surface area (TPSA) is 59.6 Å². The average Bonchev–Trinajstić information content (AvgIpc) is 2.56. The minimum Gasteiger partial charge on any atom is -0.496 e. The Morgan fingerprint density at radius 1 is 1.17 bits per heavy atom. The summed E-state index contributed by atoms with van der Waals surface area (Å²) < 4.78 is 10.8. The number of para-hydroxylation sites is 3. The van der Waals surface area contributed by atoms with Gasteiger partial charge >= 0.3 is 0 Å². The molecule has 0 fully saturated rings. The van der Waals surface area contributed by atoms with Gasteiger partial charge in [0.25, 0.3) is 5.91 Å². The fraction of sp³-hybridized carbons (Fsp3) is 0.222. The number of carbonyl (C=O) groups excluding carboxylic acids is 1. The van der Waals surface area contributed by atoms with E-state index in [2.05, 4.69) is 10.6 Å². The number of methoxy groups -OCH3 is 1. The number of ether oxygens (including phenoxy) is 2. The number of anilines is 1. The Hall–Kier alpha value is -2.60. The standard InChI is InChI=1S/C18H20N2O3S/c1-4-23-15-11-6-5-10-14(15)19-18(24)20-17(21)13-9-7-8-12(2)16(13)22-3/h5-11H,4H2,1-3H3,(H2,19,20,21,24). The molecule has 0 heterocycles. The van der Waals surface area contributed by atoms with Crippen LogP contribution in [0.3, 0.4) is 0 Å². The maximum Gasteiger partial charge on any atom is 0.261 e. The summed E-state index contributed by atoms with van der Waals surface area (Å²) >= 11 is 5.23. The molecule has 2 rings (SSSR count). The molecule has 2 aromatic carbocycles. The number of carbonyl (C=O) groups is 1. The summed E-state index contributed by atoms with van der Waals surface area (Å²) in [7, 11) is 1.54. The molecule has 0 aliphatic heterocycles. The highest BCUT2D eigenvalue weighted by molar-refractivity contribution is 7.80. The van der Waals surface area contributed by atoms with Crippen molar-refractivity contribution in [1.29, 1.82) is 0 Å². The number of hydrogen-bond acceptors (Lipinski definition) is 4. The van der Waals surface area contributed by atoms with Crippen LogP contribution in [-0.4, -0.2) is 24.7 Å². The number of benzene rings is 2. The SMILES string of the molecule is CCOc1ccccc1NC(=S)NC(=O)c1cccc(C)c1OC. The van der Waals surface area contributed by atoms with Crippen molar-refractivity contribution >= 4 is 28.9 Å². The van der Waals surface area contributed by atoms with Crippen LogP contribution in [0.15, 0.2) is 42.5 Å². The molecule has 0 spiro atoms. The van der Waals surface area contributed by atoms with Gasteiger partial charge in [-0.1, -0.05) is 24.3 Å². The molecule has 6 heteroatoms. The third kappa shape index (κ3) is 4.23. The minimum atomic E-state index is -0.332. The molecule has 126 valence electrons. The van der Waals surface area contributed by atoms with E-state index in [9.17, 15) is 4.79 Å². The number of nitrogens with one attached hydrogen (secondary N) is 2. The second-order valence-electron chi connectivity index (χ2n) is 4.99. The van der Waals surface area contributed by atoms with Crippen LogP contribution in [0.4, 0.5) is 5.69 Å². The Morgan fingerprint density at radius 2 is 1.92 bits per heavy atom. The van der Waals surface area contributed by atoms with Crippen LogP contribution < -0.4 is 20.1 Å². The van der Waals surface area contributed by atoms with E-state index in [1.807, 2.05) is 44.2 Å². The van der Waals surface area contributed by atoms with E-state index in [-0.39, 0.29) is 11.0 Å². The van der Waals surface area contributed by atoms with Crippen molar-refractivity contribution in [3.05, 3.63) is 53.6 Å². The van der Waals surface area contributed by atoms with Crippen molar-refractivity contribution in [2.75, 3.05) is 19.0 Å². The van der Waals surface area contributed by atoms with E-state index in [1.54, 1.807) is 12.1 Å². The van der Waals surface area contributed by atoms with Gasteiger partial charge in [0.05, 0.1) is 25.0 Å². The lowest BCUT2D eigenvalue weighted by molar-refractivity contribution is 0.0974. The Morgan fingerprint density at radius 3 is 2.62 bits per heavy atom. The molecule has 0 aliphatic rings. The van der Waals surface area contributed by atoms with Crippen LogP contribution in [0.5, 0.6) is 11.5 Å². The first-order chi connectivity index (χ1) is 11.6. The third-order valence-corrected chi connectivity index (χ3v) is 3.53. The van der Waals surface area contributed by atoms with E-state index >= 15 is 0 Å². The zero-order valence-corrected chi connectivity index (χ0v) is 14.7. The third-order valence-electron chi connectivity index (χ3n) is 3.32. The van der Waals surface area contributed by atoms with Crippen molar-refractivity contribution in [2.24, 2.45) is 0 Å². The van der Waals surface area contributed by atoms with Gasteiger partial charge in [-0.25, -0.2) is 0 Å². The monoisotopic (exact) mass is 344 g/mol. The highest BCUT2D eigenvalue weighted by Gasteiger charge is 2.15. The van der Waals surface area contributed by atoms with Gasteiger partial charge in [-0.15, -0.1) is 0 Å². The average molecular weight is 344 g/mol. The number of amides is 1. The van der Waals surface area contributed by atoms with Crippen LogP contribution in [0.1, 0.15) is 22.8 Å². The van der Waals surface area contributed by atoms with Crippen LogP contribution in [0, 0.1) is 6.92 Å². The molecule has 0 aromatic heterocycles. The van der Waals surface area contributed by atoms with Crippen molar-refractivity contribution in [3.8, 4) is 11.5 Å². The highest BCUT2D eigenvalue weighted by atomic mass is 32.1. The van der Waals surface area contributed by atoms with E-state index < -0.39 is 0 Å². The molecule has 2 aromatic rings. The highest BCUT2D eigenvalue weighted by Crippen LogP contribution is 2.24. The summed E-state index contributed by atoms with van der Waals surface area (Å²) in [6.45, 7) is 4.32. The second-order valence-corrected chi connectivity index (χ2v) is 5.40. The predicted octanol–water partition coefficient (Wildman–Crippen LogP) is 3.53. The van der Waals surface area contributed by atoms with Crippen LogP contribution in [0.2, 0.25) is 0 Å². The molecule has 2 N–H and O–H groups in total. The zero-order chi connectivity index (χ0) is 17.5. The van der Waals surface area contributed by atoms with E-state index in [0.29, 0.717) is 29.4 Å². The molecule has 0 aliphatic carbocycles. The van der Waals surface area contributed by atoms with Gasteiger partial charge in [-0.3, -0.25) is 10.1 Å². The van der Waals surface area contributed by atoms with Gasteiger partial charge < -0.3 is 14.8 Å². The van der Waals surface area contributed by atoms with Crippen LogP contribution >= 0.6 is 12.2 Å². The lowest BCUT2D eigenvalue weighted by Crippen LogP contribution is -2.34. The Labute approximate surface area is 147 Å². The molecule has 0 unspecified atom stereocenters. The predicted molar refractivity (Wildman–Crippen MR) is 99.0 cm³/mol. The molecule has 0 bridgehead atoms. The normalized spacial score (nSPS) is 9.96. The summed E-state index contributed by atoms with van der Waals surface area (Å²) in [5.74, 6) is 0.874. The minimum absolute atomic E-state index is 0.190. The molecule has 0 atom stereocenters. The van der Waals surface area contributed by atoms with Gasteiger partial charge in [0.15, 0.2) is 5.11 Å². The number of aryl methyl sites for hydroxylation is 1. The quantitative estimate of drug-likeness (QED) is 0.813. The molecule has 0 saturated carbocycles. The largest absolute Gasteiger partial charge is 0.496 e. The van der Waals surface area contributed by atoms with E-state index in [1.165, 1.54) is 7.11 Å². The molecular formula is C18H20N2O3S. The van der Waals surface area contributed by atoms with Crippen molar-refractivity contribution in [1.82, 2.24) is 5.32 Å². The second kappa shape index (κ2) is 8.31. The Kier molecular flexibility index (Phi) is 6.14. The molecule has 1 amide bonds. The van der Waals surface area contributed by atoms with E-state index in [4.69, 9.17) is 21.7 Å². The fourth-order valence-electron chi connectivity index (χ4n) is 2.28. The van der Waals surface area contributed by atoms with Crippen molar-refractivity contribution < 1.29 is 14.3 Å². The maximum absolute atomic E-state index is 12.4. The van der Waals surface area contributed by atoms with Gasteiger partial charge in [0.2, 0.25) is 0 Å². The number of thiocarbonyl (C=S) groups is 1. The summed E-state index contributed by atoms with van der Waals surface area (Å²) in [5.41, 5.74) is 2.01. The fourth-order valence-corrected chi connectivity index (χ4v) is 2.48. The van der Waals surface area contributed by atoms with Gasteiger partial charge in [0.1, 0.15) is 11.5 Å². The first-order valence-corrected chi connectivity index (χ1v) is 7.95. The molecule has 24 heavy (non-hydrogen) atoms. The van der Waals surface area contributed by atoms with Gasteiger partial charge in [-0.05, 0) is 49.8 Å². The number of rotatable bonds is 5. The van der Waals surface area contributed by atoms with Gasteiger partial charge in [-0.2, -0.15) is 0 Å². The number of hydrogen-bond donors (Lipinski definition) is 2. The molecule has 0 radical (unpaired) electrons. The molecular weight excluding hydrogens is 324 g/mol. The van der Waals surface area contributed by atoms with E-state index in [0.717, 1.165) is 5.56 Å². The summed E-state index contributed by atoms with van der Waals surface area (Å²) in [5, 5.41) is 5.83. The van der Waals surface area contributed by atoms with Crippen LogP contribution in [-0.2, 0) is 0 Å². The zero-order valence-electron chi connectivity index (χ0n) is 13.9. The molecule has 0 saturated heterocycles. The maximum atomic E-state index is 12.4. The lowest BCUT2D eigenvalue weighted by Gasteiger charge is -2.15. The summed E-state index contributed by atoms with van der Waals surface area (Å²) in [6, 6.07) is 12.8. The van der Waals surface area contributed by atoms with Gasteiger partial charge in [0, 0.05) is 0 Å². The summed E-state index contributed by atoms with van der Waals surface area (Å²) in [4.78, 5) is 12.4. The molecule has 5 nitrogen and oxygen atoms in total. The lowest BCUT2D eigenvalue weighted by atomic mass is 10.1.